The Morgan fingerprint density at radius 2 is 1.54 bits per heavy atom. The van der Waals surface area contributed by atoms with Crippen LogP contribution < -0.4 is 10.6 Å². The first-order chi connectivity index (χ1) is 12.5. The van der Waals surface area contributed by atoms with Gasteiger partial charge in [-0.2, -0.15) is 0 Å². The maximum absolute atomic E-state index is 12.6. The quantitative estimate of drug-likeness (QED) is 0.859. The molecule has 2 N–H and O–H groups in total. The van der Waals surface area contributed by atoms with Crippen molar-refractivity contribution in [3.05, 3.63) is 29.3 Å². The molecule has 1 heterocycles. The van der Waals surface area contributed by atoms with Crippen LogP contribution in [-0.4, -0.2) is 36.0 Å². The minimum atomic E-state index is -0.0189. The lowest BCUT2D eigenvalue weighted by atomic mass is 9.95. The topological polar surface area (TPSA) is 61.4 Å². The molecule has 0 unspecified atom stereocenters. The molecule has 0 spiro atoms. The van der Waals surface area contributed by atoms with E-state index in [4.69, 9.17) is 0 Å². The maximum Gasteiger partial charge on any atom is 0.317 e. The molecule has 3 amide bonds. The highest BCUT2D eigenvalue weighted by molar-refractivity contribution is 5.93. The summed E-state index contributed by atoms with van der Waals surface area (Å²) in [4.78, 5) is 26.8. The summed E-state index contributed by atoms with van der Waals surface area (Å²) in [6.45, 7) is 5.38. The van der Waals surface area contributed by atoms with Crippen molar-refractivity contribution in [2.45, 2.75) is 64.8 Å². The molecular weight excluding hydrogens is 326 g/mol. The molecule has 0 aromatic heterocycles. The number of amides is 3. The number of nitrogens with one attached hydrogen (secondary N) is 2. The minimum Gasteiger partial charge on any atom is -0.335 e. The summed E-state index contributed by atoms with van der Waals surface area (Å²) in [5, 5.41) is 6.22. The van der Waals surface area contributed by atoms with Crippen LogP contribution in [0.5, 0.6) is 0 Å². The van der Waals surface area contributed by atoms with Crippen LogP contribution in [0.4, 0.5) is 10.5 Å². The highest BCUT2D eigenvalue weighted by Gasteiger charge is 2.28. The van der Waals surface area contributed by atoms with Crippen molar-refractivity contribution in [2.75, 3.05) is 18.4 Å². The third-order valence-electron chi connectivity index (χ3n) is 5.57. The standard InChI is InChI=1S/C21H31N3O2/c1-15-12-16(2)14-19(13-15)22-20(25)17-8-10-24(11-9-17)21(26)23-18-6-4-3-5-7-18/h12-14,17-18H,3-11H2,1-2H3,(H,22,25)(H,23,26). The van der Waals surface area contributed by atoms with E-state index in [2.05, 4.69) is 16.7 Å². The lowest BCUT2D eigenvalue weighted by Crippen LogP contribution is -2.49. The summed E-state index contributed by atoms with van der Waals surface area (Å²) in [5.41, 5.74) is 3.16. The first-order valence-electron chi connectivity index (χ1n) is 9.96. The van der Waals surface area contributed by atoms with Crippen molar-refractivity contribution >= 4 is 17.6 Å². The summed E-state index contributed by atoms with van der Waals surface area (Å²) < 4.78 is 0. The maximum atomic E-state index is 12.6. The average molecular weight is 357 g/mol. The van der Waals surface area contributed by atoms with Crippen LogP contribution in [0, 0.1) is 19.8 Å². The van der Waals surface area contributed by atoms with Crippen LogP contribution >= 0.6 is 0 Å². The number of hydrogen-bond donors (Lipinski definition) is 2. The van der Waals surface area contributed by atoms with E-state index in [1.807, 2.05) is 30.9 Å². The molecular formula is C21H31N3O2. The largest absolute Gasteiger partial charge is 0.335 e. The Hall–Kier alpha value is -2.04. The molecule has 2 fully saturated rings. The van der Waals surface area contributed by atoms with E-state index >= 15 is 0 Å². The van der Waals surface area contributed by atoms with Gasteiger partial charge in [0.05, 0.1) is 0 Å². The third kappa shape index (κ3) is 4.99. The lowest BCUT2D eigenvalue weighted by Gasteiger charge is -2.33. The smallest absolute Gasteiger partial charge is 0.317 e. The molecule has 5 nitrogen and oxygen atoms in total. The Morgan fingerprint density at radius 3 is 2.15 bits per heavy atom. The molecule has 1 saturated heterocycles. The van der Waals surface area contributed by atoms with E-state index in [-0.39, 0.29) is 17.9 Å². The van der Waals surface area contributed by atoms with Gasteiger partial charge in [-0.1, -0.05) is 25.3 Å². The van der Waals surface area contributed by atoms with Gasteiger partial charge in [-0.05, 0) is 62.8 Å². The SMILES string of the molecule is Cc1cc(C)cc(NC(=O)C2CCN(C(=O)NC3CCCCC3)CC2)c1. The van der Waals surface area contributed by atoms with Gasteiger partial charge in [-0.15, -0.1) is 0 Å². The number of urea groups is 1. The molecule has 1 aromatic carbocycles. The fraction of sp³-hybridized carbons (Fsp3) is 0.619. The van der Waals surface area contributed by atoms with Crippen molar-refractivity contribution in [1.29, 1.82) is 0 Å². The predicted molar refractivity (Wildman–Crippen MR) is 104 cm³/mol. The number of piperidine rings is 1. The average Bonchev–Trinajstić information content (AvgIpc) is 2.62. The minimum absolute atomic E-state index is 0.0189. The Kier molecular flexibility index (Phi) is 6.17. The second kappa shape index (κ2) is 8.56. The van der Waals surface area contributed by atoms with E-state index in [0.717, 1.165) is 42.5 Å². The molecule has 2 aliphatic rings. The second-order valence-corrected chi connectivity index (χ2v) is 7.91. The third-order valence-corrected chi connectivity index (χ3v) is 5.57. The summed E-state index contributed by atoms with van der Waals surface area (Å²) in [6, 6.07) is 6.47. The first kappa shape index (κ1) is 18.7. The van der Waals surface area contributed by atoms with Gasteiger partial charge in [0.1, 0.15) is 0 Å². The molecule has 26 heavy (non-hydrogen) atoms. The Balaban J connectivity index is 1.46. The number of rotatable bonds is 3. The zero-order valence-electron chi connectivity index (χ0n) is 16.0. The number of benzene rings is 1. The summed E-state index contributed by atoms with van der Waals surface area (Å²) >= 11 is 0. The van der Waals surface area contributed by atoms with Gasteiger partial charge in [0, 0.05) is 30.7 Å². The van der Waals surface area contributed by atoms with Gasteiger partial charge >= 0.3 is 6.03 Å². The van der Waals surface area contributed by atoms with E-state index in [1.54, 1.807) is 0 Å². The molecule has 1 saturated carbocycles. The summed E-state index contributed by atoms with van der Waals surface area (Å²) in [7, 11) is 0. The zero-order chi connectivity index (χ0) is 18.5. The highest BCUT2D eigenvalue weighted by atomic mass is 16.2. The Bertz CT molecular complexity index is 624. The Morgan fingerprint density at radius 1 is 0.923 bits per heavy atom. The molecule has 0 radical (unpaired) electrons. The number of likely N-dealkylation sites (tertiary alicyclic amines) is 1. The molecule has 5 heteroatoms. The van der Waals surface area contributed by atoms with Crippen LogP contribution in [0.1, 0.15) is 56.1 Å². The fourth-order valence-electron chi connectivity index (χ4n) is 4.15. The zero-order valence-corrected chi connectivity index (χ0v) is 16.0. The number of anilines is 1. The fourth-order valence-corrected chi connectivity index (χ4v) is 4.15. The van der Waals surface area contributed by atoms with E-state index in [9.17, 15) is 9.59 Å². The number of aryl methyl sites for hydroxylation is 2. The number of carbonyl (C=O) groups is 2. The van der Waals surface area contributed by atoms with Crippen molar-refractivity contribution < 1.29 is 9.59 Å². The predicted octanol–water partition coefficient (Wildman–Crippen LogP) is 4.00. The molecule has 0 atom stereocenters. The van der Waals surface area contributed by atoms with E-state index in [0.29, 0.717) is 19.1 Å². The summed E-state index contributed by atoms with van der Waals surface area (Å²) in [6.07, 6.45) is 7.37. The van der Waals surface area contributed by atoms with Crippen molar-refractivity contribution in [3.63, 3.8) is 0 Å². The first-order valence-corrected chi connectivity index (χ1v) is 9.96. The van der Waals surface area contributed by atoms with Crippen LogP contribution in [-0.2, 0) is 4.79 Å². The van der Waals surface area contributed by atoms with Gasteiger partial charge < -0.3 is 15.5 Å². The second-order valence-electron chi connectivity index (χ2n) is 7.91. The van der Waals surface area contributed by atoms with Gasteiger partial charge in [0.15, 0.2) is 0 Å². The van der Waals surface area contributed by atoms with Gasteiger partial charge in [-0.3, -0.25) is 4.79 Å². The molecule has 1 aromatic rings. The number of hydrogen-bond acceptors (Lipinski definition) is 2. The molecule has 142 valence electrons. The molecule has 3 rings (SSSR count). The Labute approximate surface area is 156 Å². The molecule has 0 bridgehead atoms. The van der Waals surface area contributed by atoms with Crippen molar-refractivity contribution in [2.24, 2.45) is 5.92 Å². The molecule has 1 aliphatic carbocycles. The van der Waals surface area contributed by atoms with E-state index < -0.39 is 0 Å². The number of carbonyl (C=O) groups excluding carboxylic acids is 2. The molecule has 1 aliphatic heterocycles. The lowest BCUT2D eigenvalue weighted by molar-refractivity contribution is -0.121. The van der Waals surface area contributed by atoms with Crippen LogP contribution in [0.3, 0.4) is 0 Å². The van der Waals surface area contributed by atoms with Crippen LogP contribution in [0.2, 0.25) is 0 Å². The van der Waals surface area contributed by atoms with Gasteiger partial charge in [-0.25, -0.2) is 4.79 Å². The highest BCUT2D eigenvalue weighted by Crippen LogP contribution is 2.22. The summed E-state index contributed by atoms with van der Waals surface area (Å²) in [5.74, 6) is 0.0527. The van der Waals surface area contributed by atoms with Crippen LogP contribution in [0.25, 0.3) is 0 Å². The van der Waals surface area contributed by atoms with Gasteiger partial charge in [0.2, 0.25) is 5.91 Å². The normalized spacial score (nSPS) is 19.2. The monoisotopic (exact) mass is 357 g/mol. The number of nitrogens with zero attached hydrogens (tertiary/aromatic N) is 1. The van der Waals surface area contributed by atoms with Crippen molar-refractivity contribution in [1.82, 2.24) is 10.2 Å². The van der Waals surface area contributed by atoms with Crippen molar-refractivity contribution in [3.8, 4) is 0 Å². The van der Waals surface area contributed by atoms with Gasteiger partial charge in [0.25, 0.3) is 0 Å². The van der Waals surface area contributed by atoms with E-state index in [1.165, 1.54) is 19.3 Å². The van der Waals surface area contributed by atoms with Crippen LogP contribution in [0.15, 0.2) is 18.2 Å².